The molecule has 0 aliphatic rings. The van der Waals surface area contributed by atoms with Crippen molar-refractivity contribution in [1.82, 2.24) is 0 Å². The lowest BCUT2D eigenvalue weighted by Crippen LogP contribution is -2.14. The summed E-state index contributed by atoms with van der Waals surface area (Å²) in [5.74, 6) is 1.41. The van der Waals surface area contributed by atoms with E-state index in [1.165, 1.54) is 12.7 Å². The van der Waals surface area contributed by atoms with Crippen LogP contribution in [0.2, 0.25) is 5.02 Å². The highest BCUT2D eigenvalue weighted by molar-refractivity contribution is 7.98. The molecule has 1 rings (SSSR count). The fourth-order valence-electron chi connectivity index (χ4n) is 1.25. The second-order valence-electron chi connectivity index (χ2n) is 3.57. The summed E-state index contributed by atoms with van der Waals surface area (Å²) in [7, 11) is 1.42. The first kappa shape index (κ1) is 13.4. The molecule has 0 aliphatic heterocycles. The molecule has 4 heteroatoms. The van der Waals surface area contributed by atoms with Gasteiger partial charge in [-0.25, -0.2) is 0 Å². The van der Waals surface area contributed by atoms with Gasteiger partial charge in [-0.3, -0.25) is 4.79 Å². The van der Waals surface area contributed by atoms with Gasteiger partial charge in [-0.2, -0.15) is 11.8 Å². The minimum absolute atomic E-state index is 0.0609. The van der Waals surface area contributed by atoms with Crippen molar-refractivity contribution < 1.29 is 9.53 Å². The summed E-state index contributed by atoms with van der Waals surface area (Å²) in [5.41, 5.74) is 1.18. The van der Waals surface area contributed by atoms with Crippen molar-refractivity contribution in [3.8, 4) is 0 Å². The first-order valence-electron chi connectivity index (χ1n) is 5.03. The topological polar surface area (TPSA) is 26.3 Å². The van der Waals surface area contributed by atoms with Gasteiger partial charge in [0.25, 0.3) is 0 Å². The zero-order valence-corrected chi connectivity index (χ0v) is 11.0. The van der Waals surface area contributed by atoms with Crippen LogP contribution in [0.3, 0.4) is 0 Å². The Morgan fingerprint density at radius 1 is 1.56 bits per heavy atom. The van der Waals surface area contributed by atoms with Crippen LogP contribution in [0.4, 0.5) is 0 Å². The third-order valence-electron chi connectivity index (χ3n) is 2.13. The van der Waals surface area contributed by atoms with E-state index in [9.17, 15) is 4.79 Å². The predicted molar refractivity (Wildman–Crippen MR) is 68.8 cm³/mol. The largest absolute Gasteiger partial charge is 0.469 e. The van der Waals surface area contributed by atoms with E-state index in [1.807, 2.05) is 31.2 Å². The average molecular weight is 259 g/mol. The van der Waals surface area contributed by atoms with E-state index in [4.69, 9.17) is 11.6 Å². The fourth-order valence-corrected chi connectivity index (χ4v) is 2.49. The van der Waals surface area contributed by atoms with E-state index < -0.39 is 0 Å². The zero-order valence-electron chi connectivity index (χ0n) is 9.40. The summed E-state index contributed by atoms with van der Waals surface area (Å²) >= 11 is 7.58. The lowest BCUT2D eigenvalue weighted by Gasteiger charge is -2.08. The highest BCUT2D eigenvalue weighted by Gasteiger charge is 2.12. The summed E-state index contributed by atoms with van der Waals surface area (Å²) in [6.45, 7) is 1.87. The molecule has 0 fully saturated rings. The molecule has 0 heterocycles. The molecule has 0 saturated heterocycles. The Kier molecular flexibility index (Phi) is 5.71. The number of rotatable bonds is 5. The molecule has 1 atom stereocenters. The van der Waals surface area contributed by atoms with Gasteiger partial charge in [0.05, 0.1) is 13.0 Å². The maximum atomic E-state index is 11.2. The van der Waals surface area contributed by atoms with Gasteiger partial charge in [-0.05, 0) is 17.7 Å². The van der Waals surface area contributed by atoms with Gasteiger partial charge in [0.2, 0.25) is 0 Å². The minimum Gasteiger partial charge on any atom is -0.469 e. The van der Waals surface area contributed by atoms with Gasteiger partial charge in [-0.1, -0.05) is 30.7 Å². The maximum absolute atomic E-state index is 11.2. The molecule has 0 aromatic heterocycles. The van der Waals surface area contributed by atoms with Gasteiger partial charge >= 0.3 is 5.97 Å². The zero-order chi connectivity index (χ0) is 12.0. The van der Waals surface area contributed by atoms with Gasteiger partial charge in [0, 0.05) is 16.5 Å². The monoisotopic (exact) mass is 258 g/mol. The Bertz CT molecular complexity index is 355. The van der Waals surface area contributed by atoms with Crippen LogP contribution >= 0.6 is 23.4 Å². The van der Waals surface area contributed by atoms with Crippen molar-refractivity contribution in [1.29, 1.82) is 0 Å². The molecule has 16 heavy (non-hydrogen) atoms. The quantitative estimate of drug-likeness (QED) is 0.758. The number of hydrogen-bond donors (Lipinski definition) is 0. The molecule has 2 nitrogen and oxygen atoms in total. The van der Waals surface area contributed by atoms with Gasteiger partial charge < -0.3 is 4.74 Å². The predicted octanol–water partition coefficient (Wildman–Crippen LogP) is 3.38. The summed E-state index contributed by atoms with van der Waals surface area (Å²) in [5, 5.41) is 0.749. The number of esters is 1. The maximum Gasteiger partial charge on any atom is 0.309 e. The molecule has 1 unspecified atom stereocenters. The molecular formula is C12H15ClO2S. The lowest BCUT2D eigenvalue weighted by molar-refractivity contribution is -0.143. The minimum atomic E-state index is -0.154. The van der Waals surface area contributed by atoms with Crippen molar-refractivity contribution in [3.05, 3.63) is 34.9 Å². The van der Waals surface area contributed by atoms with Crippen LogP contribution < -0.4 is 0 Å². The highest BCUT2D eigenvalue weighted by atomic mass is 35.5. The number of ether oxygens (including phenoxy) is 1. The third kappa shape index (κ3) is 4.45. The number of halogens is 1. The molecule has 1 aromatic carbocycles. The Morgan fingerprint density at radius 2 is 2.31 bits per heavy atom. The van der Waals surface area contributed by atoms with E-state index >= 15 is 0 Å². The van der Waals surface area contributed by atoms with Crippen LogP contribution in [0.5, 0.6) is 0 Å². The molecule has 0 amide bonds. The standard InChI is InChI=1S/C12H15ClO2S/c1-9(12(14)15-2)7-16-8-10-4-3-5-11(13)6-10/h3-6,9H,7-8H2,1-2H3. The van der Waals surface area contributed by atoms with E-state index in [0.717, 1.165) is 16.5 Å². The summed E-state index contributed by atoms with van der Waals surface area (Å²) in [6.07, 6.45) is 0. The van der Waals surface area contributed by atoms with Crippen LogP contribution in [-0.2, 0) is 15.3 Å². The first-order valence-corrected chi connectivity index (χ1v) is 6.56. The van der Waals surface area contributed by atoms with Crippen molar-refractivity contribution >= 4 is 29.3 Å². The van der Waals surface area contributed by atoms with Crippen LogP contribution in [0.1, 0.15) is 12.5 Å². The first-order chi connectivity index (χ1) is 7.63. The lowest BCUT2D eigenvalue weighted by atomic mass is 10.2. The van der Waals surface area contributed by atoms with Crippen molar-refractivity contribution in [2.45, 2.75) is 12.7 Å². The van der Waals surface area contributed by atoms with E-state index in [0.29, 0.717) is 0 Å². The Morgan fingerprint density at radius 3 is 2.94 bits per heavy atom. The molecule has 0 spiro atoms. The van der Waals surface area contributed by atoms with Crippen LogP contribution in [0, 0.1) is 5.92 Å². The Hall–Kier alpha value is -0.670. The molecule has 0 aliphatic carbocycles. The Balaban J connectivity index is 2.33. The van der Waals surface area contributed by atoms with Crippen molar-refractivity contribution in [2.75, 3.05) is 12.9 Å². The van der Waals surface area contributed by atoms with Gasteiger partial charge in [0.15, 0.2) is 0 Å². The molecule has 1 aromatic rings. The summed E-state index contributed by atoms with van der Waals surface area (Å²) in [6, 6.07) is 7.76. The van der Waals surface area contributed by atoms with Gasteiger partial charge in [-0.15, -0.1) is 0 Å². The normalized spacial score (nSPS) is 12.2. The van der Waals surface area contributed by atoms with Gasteiger partial charge in [0.1, 0.15) is 0 Å². The highest BCUT2D eigenvalue weighted by Crippen LogP contribution is 2.18. The molecular weight excluding hydrogens is 244 g/mol. The van der Waals surface area contributed by atoms with E-state index in [1.54, 1.807) is 11.8 Å². The number of carbonyl (C=O) groups excluding carboxylic acids is 1. The van der Waals surface area contributed by atoms with E-state index in [2.05, 4.69) is 4.74 Å². The number of thioether (sulfide) groups is 1. The molecule has 88 valence electrons. The van der Waals surface area contributed by atoms with E-state index in [-0.39, 0.29) is 11.9 Å². The fraction of sp³-hybridized carbons (Fsp3) is 0.417. The molecule has 0 saturated carbocycles. The number of carbonyl (C=O) groups is 1. The van der Waals surface area contributed by atoms with Crippen LogP contribution in [-0.4, -0.2) is 18.8 Å². The molecule has 0 radical (unpaired) electrons. The Labute approximate surface area is 105 Å². The van der Waals surface area contributed by atoms with Crippen molar-refractivity contribution in [2.24, 2.45) is 5.92 Å². The summed E-state index contributed by atoms with van der Waals surface area (Å²) < 4.78 is 4.66. The third-order valence-corrected chi connectivity index (χ3v) is 3.64. The SMILES string of the molecule is COC(=O)C(C)CSCc1cccc(Cl)c1. The molecule has 0 bridgehead atoms. The smallest absolute Gasteiger partial charge is 0.309 e. The molecule has 0 N–H and O–H groups in total. The van der Waals surface area contributed by atoms with Crippen LogP contribution in [0.25, 0.3) is 0 Å². The van der Waals surface area contributed by atoms with Crippen molar-refractivity contribution in [3.63, 3.8) is 0 Å². The average Bonchev–Trinajstić information content (AvgIpc) is 2.28. The number of methoxy groups -OCH3 is 1. The summed E-state index contributed by atoms with van der Waals surface area (Å²) in [4.78, 5) is 11.2. The van der Waals surface area contributed by atoms with Crippen LogP contribution in [0.15, 0.2) is 24.3 Å². The second kappa shape index (κ2) is 6.81. The number of benzene rings is 1. The number of hydrogen-bond acceptors (Lipinski definition) is 3. The second-order valence-corrected chi connectivity index (χ2v) is 5.04.